The van der Waals surface area contributed by atoms with Crippen LogP contribution in [0.2, 0.25) is 0 Å². The molecule has 23 heavy (non-hydrogen) atoms. The number of hydrogen-bond acceptors (Lipinski definition) is 2. The molecule has 2 nitrogen and oxygen atoms in total. The van der Waals surface area contributed by atoms with Gasteiger partial charge in [0.15, 0.2) is 0 Å². The van der Waals surface area contributed by atoms with Crippen LogP contribution in [0.25, 0.3) is 0 Å². The summed E-state index contributed by atoms with van der Waals surface area (Å²) in [4.78, 5) is 0. The van der Waals surface area contributed by atoms with Crippen LogP contribution in [-0.2, 0) is 26.5 Å². The number of halogens is 2. The van der Waals surface area contributed by atoms with Gasteiger partial charge in [0.2, 0.25) is 0 Å². The van der Waals surface area contributed by atoms with Crippen molar-refractivity contribution in [3.8, 4) is 0 Å². The van der Waals surface area contributed by atoms with Gasteiger partial charge in [0.05, 0.1) is 0 Å². The van der Waals surface area contributed by atoms with E-state index in [4.69, 9.17) is 28.1 Å². The van der Waals surface area contributed by atoms with Gasteiger partial charge in [-0.25, -0.2) is 0 Å². The van der Waals surface area contributed by atoms with Gasteiger partial charge in [-0.05, 0) is 75.0 Å². The van der Waals surface area contributed by atoms with E-state index in [0.29, 0.717) is 11.8 Å². The molecule has 2 fully saturated rings. The Bertz CT molecular complexity index is 221. The Morgan fingerprint density at radius 3 is 1.26 bits per heavy atom. The first-order valence-corrected chi connectivity index (χ1v) is 11.8. The minimum atomic E-state index is -0.556. The van der Waals surface area contributed by atoms with Crippen molar-refractivity contribution in [2.45, 2.75) is 13.8 Å². The first-order valence-electron chi connectivity index (χ1n) is 7.48. The van der Waals surface area contributed by atoms with Crippen LogP contribution in [-0.4, -0.2) is 27.4 Å². The average Bonchev–Trinajstić information content (AvgIpc) is 3.23. The molecule has 2 aliphatic carbocycles. The molecular formula is C18H26Cl2O2Ti. The fourth-order valence-electron chi connectivity index (χ4n) is 2.13. The topological polar surface area (TPSA) is 18.5 Å². The number of ether oxygens (including phenoxy) is 2. The molecule has 0 bridgehead atoms. The summed E-state index contributed by atoms with van der Waals surface area (Å²) in [6.45, 7) is 5.95. The van der Waals surface area contributed by atoms with E-state index >= 15 is 0 Å². The predicted molar refractivity (Wildman–Crippen MR) is 94.7 cm³/mol. The second-order valence-electron chi connectivity index (χ2n) is 5.22. The maximum absolute atomic E-state index is 5.03. The van der Waals surface area contributed by atoms with Crippen LogP contribution < -0.4 is 0 Å². The van der Waals surface area contributed by atoms with Crippen molar-refractivity contribution in [3.05, 3.63) is 63.2 Å². The summed E-state index contributed by atoms with van der Waals surface area (Å²) < 4.78 is 10.1. The van der Waals surface area contributed by atoms with E-state index in [-0.39, 0.29) is 0 Å². The molecule has 0 aliphatic heterocycles. The van der Waals surface area contributed by atoms with E-state index < -0.39 is 17.0 Å². The van der Waals surface area contributed by atoms with Crippen LogP contribution in [0.4, 0.5) is 0 Å². The number of rotatable bonds is 6. The fourth-order valence-corrected chi connectivity index (χ4v) is 2.13. The molecule has 0 spiro atoms. The van der Waals surface area contributed by atoms with Gasteiger partial charge < -0.3 is 9.47 Å². The second-order valence-corrected chi connectivity index (χ2v) is 7.80. The van der Waals surface area contributed by atoms with Gasteiger partial charge in [0, 0.05) is 27.4 Å². The first kappa shape index (κ1) is 24.2. The van der Waals surface area contributed by atoms with Gasteiger partial charge in [-0.2, -0.15) is 0 Å². The van der Waals surface area contributed by atoms with Crippen molar-refractivity contribution in [3.63, 3.8) is 0 Å². The summed E-state index contributed by atoms with van der Waals surface area (Å²) in [5.41, 5.74) is 0. The minimum absolute atomic E-state index is 0.528. The van der Waals surface area contributed by atoms with Crippen molar-refractivity contribution in [1.82, 2.24) is 0 Å². The van der Waals surface area contributed by atoms with Crippen molar-refractivity contribution in [2.24, 2.45) is 11.8 Å². The molecule has 0 N–H and O–H groups in total. The summed E-state index contributed by atoms with van der Waals surface area (Å²) in [7, 11) is 13.2. The molecule has 2 aliphatic rings. The van der Waals surface area contributed by atoms with Crippen LogP contribution in [0.5, 0.6) is 0 Å². The van der Waals surface area contributed by atoms with E-state index in [1.807, 2.05) is 0 Å². The Hall–Kier alpha value is 1.21. The Morgan fingerprint density at radius 2 is 1.04 bits per heavy atom. The number of hydrogen-bond donors (Lipinski definition) is 0. The molecule has 0 unspecified atom stereocenters. The normalized spacial score (nSPS) is 21.0. The summed E-state index contributed by atoms with van der Waals surface area (Å²) >= 11 is -0.556. The predicted octanol–water partition coefficient (Wildman–Crippen LogP) is 4.72. The van der Waals surface area contributed by atoms with Crippen LogP contribution >= 0.6 is 18.6 Å². The Labute approximate surface area is 161 Å². The zero-order valence-electron chi connectivity index (χ0n) is 14.3. The molecule has 2 saturated carbocycles. The molecule has 2 atom stereocenters. The van der Waals surface area contributed by atoms with Crippen LogP contribution in [0.15, 0.2) is 0 Å². The van der Waals surface area contributed by atoms with Crippen LogP contribution in [0, 0.1) is 75.0 Å². The molecule has 0 aromatic heterocycles. The SMILES string of the molecule is COC[C@H](C)[C]1[CH][CH][CH][CH]1.COC[C@H](C)[C]1[CH][CH][CH][CH]1.[Cl][Ti][Cl]. The van der Waals surface area contributed by atoms with Gasteiger partial charge in [-0.1, -0.05) is 13.8 Å². The molecule has 128 valence electrons. The monoisotopic (exact) mass is 392 g/mol. The summed E-state index contributed by atoms with van der Waals surface area (Å²) in [5.74, 6) is 3.78. The molecule has 2 rings (SSSR count). The third kappa shape index (κ3) is 12.2. The van der Waals surface area contributed by atoms with Gasteiger partial charge in [-0.15, -0.1) is 0 Å². The molecule has 5 heteroatoms. The molecule has 10 radical (unpaired) electrons. The van der Waals surface area contributed by atoms with Gasteiger partial charge in [0.25, 0.3) is 0 Å². The summed E-state index contributed by atoms with van der Waals surface area (Å²) in [6, 6.07) is 0. The molecule has 0 amide bonds. The third-order valence-electron chi connectivity index (χ3n) is 3.35. The maximum atomic E-state index is 5.03. The van der Waals surface area contributed by atoms with Crippen molar-refractivity contribution in [1.29, 1.82) is 0 Å². The van der Waals surface area contributed by atoms with Gasteiger partial charge >= 0.3 is 35.6 Å². The van der Waals surface area contributed by atoms with E-state index in [9.17, 15) is 0 Å². The van der Waals surface area contributed by atoms with Gasteiger partial charge in [0.1, 0.15) is 0 Å². The van der Waals surface area contributed by atoms with Crippen LogP contribution in [0.1, 0.15) is 13.8 Å². The summed E-state index contributed by atoms with van der Waals surface area (Å²) in [6.07, 6.45) is 16.7. The zero-order chi connectivity index (χ0) is 17.5. The van der Waals surface area contributed by atoms with E-state index in [1.54, 1.807) is 14.2 Å². The van der Waals surface area contributed by atoms with Crippen molar-refractivity contribution >= 4 is 18.6 Å². The van der Waals surface area contributed by atoms with Gasteiger partial charge in [-0.3, -0.25) is 0 Å². The van der Waals surface area contributed by atoms with Crippen LogP contribution in [0.3, 0.4) is 0 Å². The quantitative estimate of drug-likeness (QED) is 0.608. The van der Waals surface area contributed by atoms with E-state index in [1.165, 1.54) is 11.8 Å². The standard InChI is InChI=1S/2C9H13O.2ClH.Ti/c2*1-8(7-10-2)9-5-3-4-6-9;;;/h2*3-6,8H,7H2,1-2H3;2*1H;/q;;;;+2/p-2/t2*8-;;;/m00.../s1. The Morgan fingerprint density at radius 1 is 0.783 bits per heavy atom. The Kier molecular flexibility index (Phi) is 17.6. The molecule has 0 heterocycles. The zero-order valence-corrected chi connectivity index (χ0v) is 17.3. The fraction of sp³-hybridized carbons (Fsp3) is 0.444. The average molecular weight is 393 g/mol. The molecule has 0 saturated heterocycles. The van der Waals surface area contributed by atoms with E-state index in [0.717, 1.165) is 13.2 Å². The second kappa shape index (κ2) is 16.7. The third-order valence-corrected chi connectivity index (χ3v) is 3.35. The van der Waals surface area contributed by atoms with Crippen molar-refractivity contribution in [2.75, 3.05) is 27.4 Å². The summed E-state index contributed by atoms with van der Waals surface area (Å²) in [5, 5.41) is 0. The molecule has 0 aromatic rings. The van der Waals surface area contributed by atoms with Crippen molar-refractivity contribution < 1.29 is 26.5 Å². The molecular weight excluding hydrogens is 367 g/mol. The first-order chi connectivity index (χ1) is 11.1. The Balaban J connectivity index is 0.000000360. The van der Waals surface area contributed by atoms with E-state index in [2.05, 4.69) is 65.2 Å². The number of methoxy groups -OCH3 is 2. The molecule has 0 aromatic carbocycles.